The number of thiophene rings is 1. The zero-order valence-corrected chi connectivity index (χ0v) is 32.4. The first-order chi connectivity index (χ1) is 29.2. The number of hydrogen-bond donors (Lipinski definition) is 0. The van der Waals surface area contributed by atoms with Gasteiger partial charge < -0.3 is 18.1 Å². The van der Waals surface area contributed by atoms with Crippen LogP contribution in [0.15, 0.2) is 192 Å². The number of aromatic nitrogens is 2. The average molecular weight is 770 g/mol. The van der Waals surface area contributed by atoms with Crippen LogP contribution in [0, 0.1) is 0 Å². The van der Waals surface area contributed by atoms with Crippen molar-refractivity contribution in [3.05, 3.63) is 188 Å². The second-order valence-electron chi connectivity index (χ2n) is 15.7. The van der Waals surface area contributed by atoms with E-state index in [1.54, 1.807) is 0 Å². The quantitative estimate of drug-likeness (QED) is 0.167. The van der Waals surface area contributed by atoms with Crippen molar-refractivity contribution in [2.45, 2.75) is 0 Å². The van der Waals surface area contributed by atoms with Crippen LogP contribution in [0.2, 0.25) is 0 Å². The molecular formula is C54H31N3OS. The van der Waals surface area contributed by atoms with Gasteiger partial charge in [0, 0.05) is 75.6 Å². The summed E-state index contributed by atoms with van der Waals surface area (Å²) in [6.45, 7) is 0. The maximum atomic E-state index is 6.49. The standard InChI is InChI=1S/C54H31N3OS/c1-5-13-45-37(9-1)43-26-27-44-38-10-2-6-14-46(38)57-48-30-35(23-28-47(48)56(45)53(43)54(44)57)55(36-22-25-40-39-11-3-7-15-49(39)58-50(40)31-36)34-20-17-32(18-21-34)33-19-24-42-41-12-4-8-16-51(41)59-52(42)29-33/h1-31H. The van der Waals surface area contributed by atoms with Gasteiger partial charge in [-0.15, -0.1) is 11.3 Å². The second kappa shape index (κ2) is 11.5. The van der Waals surface area contributed by atoms with Crippen LogP contribution in [0.3, 0.4) is 0 Å². The highest BCUT2D eigenvalue weighted by molar-refractivity contribution is 7.25. The minimum atomic E-state index is 0.869. The van der Waals surface area contributed by atoms with E-state index in [0.29, 0.717) is 0 Å². The van der Waals surface area contributed by atoms with E-state index in [1.165, 1.54) is 80.4 Å². The molecule has 0 aliphatic heterocycles. The molecule has 0 bridgehead atoms. The number of rotatable bonds is 4. The van der Waals surface area contributed by atoms with Crippen LogP contribution < -0.4 is 4.90 Å². The molecule has 0 unspecified atom stereocenters. The largest absolute Gasteiger partial charge is 0.456 e. The summed E-state index contributed by atoms with van der Waals surface area (Å²) in [7, 11) is 0. The molecule has 0 atom stereocenters. The summed E-state index contributed by atoms with van der Waals surface area (Å²) in [5, 5.41) is 9.95. The molecule has 5 heterocycles. The lowest BCUT2D eigenvalue weighted by Gasteiger charge is -2.26. The summed E-state index contributed by atoms with van der Waals surface area (Å²) < 4.78 is 14.1. The van der Waals surface area contributed by atoms with E-state index in [2.05, 4.69) is 190 Å². The first-order valence-electron chi connectivity index (χ1n) is 20.1. The molecule has 274 valence electrons. The molecule has 0 saturated heterocycles. The first kappa shape index (κ1) is 31.5. The van der Waals surface area contributed by atoms with Gasteiger partial charge in [0.15, 0.2) is 0 Å². The Morgan fingerprint density at radius 2 is 0.881 bits per heavy atom. The minimum Gasteiger partial charge on any atom is -0.456 e. The number of anilines is 3. The molecule has 4 nitrogen and oxygen atoms in total. The SMILES string of the molecule is c1ccc2c(c1)oc1cc(N(c3ccc(-c4ccc5c(c4)sc4ccccc45)cc3)c3ccc4c(c3)n3c5ccccc5c5ccc6c7ccccc7n4c6c53)ccc12. The lowest BCUT2D eigenvalue weighted by Crippen LogP contribution is -2.10. The predicted molar refractivity (Wildman–Crippen MR) is 250 cm³/mol. The fourth-order valence-corrected chi connectivity index (χ4v) is 11.2. The van der Waals surface area contributed by atoms with Gasteiger partial charge in [0.05, 0.1) is 33.1 Å². The molecule has 9 aromatic carbocycles. The predicted octanol–water partition coefficient (Wildman–Crippen LogP) is 15.6. The molecule has 0 aliphatic rings. The molecule has 0 radical (unpaired) electrons. The minimum absolute atomic E-state index is 0.869. The van der Waals surface area contributed by atoms with E-state index < -0.39 is 0 Å². The Kier molecular flexibility index (Phi) is 6.14. The maximum absolute atomic E-state index is 6.49. The zero-order valence-electron chi connectivity index (χ0n) is 31.6. The number of furan rings is 1. The van der Waals surface area contributed by atoms with Crippen LogP contribution in [0.25, 0.3) is 108 Å². The van der Waals surface area contributed by atoms with E-state index in [4.69, 9.17) is 4.42 Å². The van der Waals surface area contributed by atoms with Gasteiger partial charge in [-0.2, -0.15) is 0 Å². The van der Waals surface area contributed by atoms with Crippen LogP contribution >= 0.6 is 11.3 Å². The number of hydrogen-bond acceptors (Lipinski definition) is 3. The van der Waals surface area contributed by atoms with Crippen LogP contribution in [0.1, 0.15) is 0 Å². The van der Waals surface area contributed by atoms with Gasteiger partial charge in [0.25, 0.3) is 0 Å². The van der Waals surface area contributed by atoms with Crippen molar-refractivity contribution in [2.75, 3.05) is 4.90 Å². The third kappa shape index (κ3) is 4.26. The van der Waals surface area contributed by atoms with Crippen molar-refractivity contribution in [1.82, 2.24) is 8.80 Å². The zero-order chi connectivity index (χ0) is 38.3. The van der Waals surface area contributed by atoms with Crippen molar-refractivity contribution in [3.63, 3.8) is 0 Å². The van der Waals surface area contributed by atoms with E-state index in [-0.39, 0.29) is 0 Å². The normalized spacial score (nSPS) is 12.4. The van der Waals surface area contributed by atoms with Gasteiger partial charge in [0.2, 0.25) is 0 Å². The molecule has 0 spiro atoms. The summed E-state index contributed by atoms with van der Waals surface area (Å²) >= 11 is 1.86. The Morgan fingerprint density at radius 3 is 1.66 bits per heavy atom. The third-order valence-corrected chi connectivity index (χ3v) is 13.8. The van der Waals surface area contributed by atoms with E-state index in [0.717, 1.165) is 44.5 Å². The summed E-state index contributed by atoms with van der Waals surface area (Å²) in [5.41, 5.74) is 14.6. The fourth-order valence-electron chi connectivity index (χ4n) is 10.0. The lowest BCUT2D eigenvalue weighted by molar-refractivity contribution is 0.669. The summed E-state index contributed by atoms with van der Waals surface area (Å²) in [6, 6.07) is 68.8. The molecular weight excluding hydrogens is 739 g/mol. The Morgan fingerprint density at radius 1 is 0.339 bits per heavy atom. The molecule has 59 heavy (non-hydrogen) atoms. The molecule has 14 rings (SSSR count). The highest BCUT2D eigenvalue weighted by Crippen LogP contribution is 2.45. The fraction of sp³-hybridized carbons (Fsp3) is 0. The number of benzene rings is 9. The molecule has 0 aliphatic carbocycles. The van der Waals surface area contributed by atoms with Gasteiger partial charge in [-0.3, -0.25) is 0 Å². The second-order valence-corrected chi connectivity index (χ2v) is 16.8. The van der Waals surface area contributed by atoms with E-state index in [9.17, 15) is 0 Å². The van der Waals surface area contributed by atoms with Crippen molar-refractivity contribution in [3.8, 4) is 11.1 Å². The van der Waals surface area contributed by atoms with Gasteiger partial charge in [-0.05, 0) is 83.9 Å². The summed E-state index contributed by atoms with van der Waals surface area (Å²) in [4.78, 5) is 2.37. The Bertz CT molecular complexity index is 4030. The first-order valence-corrected chi connectivity index (χ1v) is 20.9. The summed E-state index contributed by atoms with van der Waals surface area (Å²) in [5.74, 6) is 0. The third-order valence-electron chi connectivity index (χ3n) is 12.6. The molecule has 0 amide bonds. The molecule has 0 N–H and O–H groups in total. The van der Waals surface area contributed by atoms with Gasteiger partial charge >= 0.3 is 0 Å². The van der Waals surface area contributed by atoms with Crippen LogP contribution in [-0.2, 0) is 0 Å². The average Bonchev–Trinajstić information content (AvgIpc) is 4.04. The highest BCUT2D eigenvalue weighted by atomic mass is 32.1. The Labute approximate surface area is 340 Å². The van der Waals surface area contributed by atoms with Gasteiger partial charge in [0.1, 0.15) is 11.2 Å². The maximum Gasteiger partial charge on any atom is 0.137 e. The van der Waals surface area contributed by atoms with Crippen molar-refractivity contribution >= 4 is 125 Å². The smallest absolute Gasteiger partial charge is 0.137 e. The van der Waals surface area contributed by atoms with E-state index in [1.807, 2.05) is 23.5 Å². The Hall–Kier alpha value is -7.60. The lowest BCUT2D eigenvalue weighted by atomic mass is 10.0. The summed E-state index contributed by atoms with van der Waals surface area (Å²) in [6.07, 6.45) is 0. The highest BCUT2D eigenvalue weighted by Gasteiger charge is 2.23. The van der Waals surface area contributed by atoms with Crippen molar-refractivity contribution < 1.29 is 4.42 Å². The molecule has 14 aromatic rings. The van der Waals surface area contributed by atoms with Crippen LogP contribution in [0.4, 0.5) is 17.1 Å². The van der Waals surface area contributed by atoms with Gasteiger partial charge in [-0.1, -0.05) is 109 Å². The van der Waals surface area contributed by atoms with Crippen LogP contribution in [-0.4, -0.2) is 8.80 Å². The van der Waals surface area contributed by atoms with Gasteiger partial charge in [-0.25, -0.2) is 0 Å². The van der Waals surface area contributed by atoms with Crippen molar-refractivity contribution in [1.29, 1.82) is 0 Å². The van der Waals surface area contributed by atoms with Crippen molar-refractivity contribution in [2.24, 2.45) is 0 Å². The topological polar surface area (TPSA) is 25.2 Å². The molecule has 0 saturated carbocycles. The number of nitrogens with zero attached hydrogens (tertiary/aromatic N) is 3. The number of fused-ring (bicyclic) bond motifs is 15. The van der Waals surface area contributed by atoms with E-state index >= 15 is 0 Å². The Balaban J connectivity index is 1.01. The molecule has 0 fully saturated rings. The van der Waals surface area contributed by atoms with Crippen LogP contribution in [0.5, 0.6) is 0 Å². The number of para-hydroxylation sites is 3. The molecule has 5 aromatic heterocycles. The molecule has 5 heteroatoms. The monoisotopic (exact) mass is 769 g/mol.